The van der Waals surface area contributed by atoms with Crippen LogP contribution in [0.2, 0.25) is 0 Å². The Morgan fingerprint density at radius 2 is 1.76 bits per heavy atom. The van der Waals surface area contributed by atoms with Crippen molar-refractivity contribution in [3.8, 4) is 0 Å². The third-order valence-corrected chi connectivity index (χ3v) is 3.08. The Hall–Kier alpha value is -2.27. The fourth-order valence-electron chi connectivity index (χ4n) is 2.09. The van der Waals surface area contributed by atoms with Crippen molar-refractivity contribution in [2.75, 3.05) is 6.54 Å². The number of carboxylic acids is 1. The van der Waals surface area contributed by atoms with E-state index >= 15 is 0 Å². The SMILES string of the molecule is O=C(O)c1ccccc1CNCCc1cc(F)cc(F)c1. The molecule has 2 rings (SSSR count). The van der Waals surface area contributed by atoms with Gasteiger partial charge in [0.2, 0.25) is 0 Å². The summed E-state index contributed by atoms with van der Waals surface area (Å²) in [6.45, 7) is 0.886. The van der Waals surface area contributed by atoms with Crippen molar-refractivity contribution in [3.63, 3.8) is 0 Å². The third kappa shape index (κ3) is 4.36. The quantitative estimate of drug-likeness (QED) is 0.804. The van der Waals surface area contributed by atoms with E-state index in [1.54, 1.807) is 24.3 Å². The Balaban J connectivity index is 1.89. The van der Waals surface area contributed by atoms with Crippen molar-refractivity contribution >= 4 is 5.97 Å². The van der Waals surface area contributed by atoms with Gasteiger partial charge in [0.15, 0.2) is 0 Å². The molecule has 0 bridgehead atoms. The number of carboxylic acid groups (broad SMARTS) is 1. The number of carbonyl (C=O) groups is 1. The molecule has 110 valence electrons. The molecule has 2 aromatic carbocycles. The van der Waals surface area contributed by atoms with Gasteiger partial charge < -0.3 is 10.4 Å². The van der Waals surface area contributed by atoms with Crippen LogP contribution in [0.3, 0.4) is 0 Å². The highest BCUT2D eigenvalue weighted by Crippen LogP contribution is 2.10. The molecule has 0 heterocycles. The Labute approximate surface area is 121 Å². The molecule has 0 aliphatic heterocycles. The van der Waals surface area contributed by atoms with Gasteiger partial charge in [-0.2, -0.15) is 0 Å². The lowest BCUT2D eigenvalue weighted by atomic mass is 10.1. The summed E-state index contributed by atoms with van der Waals surface area (Å²) in [6, 6.07) is 10.1. The smallest absolute Gasteiger partial charge is 0.336 e. The summed E-state index contributed by atoms with van der Waals surface area (Å²) in [5, 5.41) is 12.1. The van der Waals surface area contributed by atoms with Gasteiger partial charge in [-0.3, -0.25) is 0 Å². The molecule has 0 aliphatic rings. The maximum atomic E-state index is 13.0. The summed E-state index contributed by atoms with van der Waals surface area (Å²) in [5.41, 5.74) is 1.49. The van der Waals surface area contributed by atoms with Gasteiger partial charge >= 0.3 is 5.97 Å². The molecule has 2 N–H and O–H groups in total. The zero-order chi connectivity index (χ0) is 15.2. The van der Waals surface area contributed by atoms with Gasteiger partial charge in [0.1, 0.15) is 11.6 Å². The summed E-state index contributed by atoms with van der Waals surface area (Å²) < 4.78 is 26.0. The Kier molecular flexibility index (Phi) is 5.00. The summed E-state index contributed by atoms with van der Waals surface area (Å²) in [4.78, 5) is 11.0. The minimum atomic E-state index is -0.973. The van der Waals surface area contributed by atoms with Crippen molar-refractivity contribution < 1.29 is 18.7 Å². The lowest BCUT2D eigenvalue weighted by Crippen LogP contribution is -2.18. The highest BCUT2D eigenvalue weighted by Gasteiger charge is 2.08. The monoisotopic (exact) mass is 291 g/mol. The van der Waals surface area contributed by atoms with E-state index in [0.717, 1.165) is 6.07 Å². The van der Waals surface area contributed by atoms with Gasteiger partial charge in [0.05, 0.1) is 5.56 Å². The highest BCUT2D eigenvalue weighted by molar-refractivity contribution is 5.89. The second kappa shape index (κ2) is 6.95. The van der Waals surface area contributed by atoms with Gasteiger partial charge in [0, 0.05) is 12.6 Å². The number of hydrogen-bond acceptors (Lipinski definition) is 2. The standard InChI is InChI=1S/C16H15F2NO2/c17-13-7-11(8-14(18)9-13)5-6-19-10-12-3-1-2-4-15(12)16(20)21/h1-4,7-9,19H,5-6,10H2,(H,20,21). The molecule has 0 saturated heterocycles. The minimum Gasteiger partial charge on any atom is -0.478 e. The molecule has 0 aliphatic carbocycles. The maximum absolute atomic E-state index is 13.0. The van der Waals surface area contributed by atoms with E-state index in [-0.39, 0.29) is 5.56 Å². The van der Waals surface area contributed by atoms with Crippen LogP contribution < -0.4 is 5.32 Å². The molecule has 0 atom stereocenters. The van der Waals surface area contributed by atoms with Crippen molar-refractivity contribution in [1.29, 1.82) is 0 Å². The van der Waals surface area contributed by atoms with Gasteiger partial charge in [-0.1, -0.05) is 18.2 Å². The first-order chi connectivity index (χ1) is 10.1. The van der Waals surface area contributed by atoms with Crippen molar-refractivity contribution in [2.24, 2.45) is 0 Å². The fourth-order valence-corrected chi connectivity index (χ4v) is 2.09. The lowest BCUT2D eigenvalue weighted by Gasteiger charge is -2.08. The van der Waals surface area contributed by atoms with Gasteiger partial charge in [-0.15, -0.1) is 0 Å². The number of benzene rings is 2. The van der Waals surface area contributed by atoms with Crippen molar-refractivity contribution in [2.45, 2.75) is 13.0 Å². The molecule has 5 heteroatoms. The number of nitrogens with one attached hydrogen (secondary N) is 1. The average Bonchev–Trinajstić information content (AvgIpc) is 2.43. The van der Waals surface area contributed by atoms with Crippen molar-refractivity contribution in [3.05, 3.63) is 70.8 Å². The van der Waals surface area contributed by atoms with Gasteiger partial charge in [-0.05, 0) is 42.3 Å². The predicted molar refractivity (Wildman–Crippen MR) is 75.2 cm³/mol. The summed E-state index contributed by atoms with van der Waals surface area (Å²) in [6.07, 6.45) is 0.462. The largest absolute Gasteiger partial charge is 0.478 e. The summed E-state index contributed by atoms with van der Waals surface area (Å²) >= 11 is 0. The second-order valence-corrected chi connectivity index (χ2v) is 4.67. The number of aromatic carboxylic acids is 1. The summed E-state index contributed by atoms with van der Waals surface area (Å²) in [7, 11) is 0. The van der Waals surface area contributed by atoms with Crippen molar-refractivity contribution in [1.82, 2.24) is 5.32 Å². The lowest BCUT2D eigenvalue weighted by molar-refractivity contribution is 0.0695. The fraction of sp³-hybridized carbons (Fsp3) is 0.188. The van der Waals surface area contributed by atoms with E-state index in [1.807, 2.05) is 0 Å². The molecule has 0 saturated carbocycles. The first-order valence-electron chi connectivity index (χ1n) is 6.53. The number of hydrogen-bond donors (Lipinski definition) is 2. The number of halogens is 2. The molecule has 21 heavy (non-hydrogen) atoms. The van der Waals surface area contributed by atoms with Crippen LogP contribution in [-0.2, 0) is 13.0 Å². The van der Waals surface area contributed by atoms with Crippen LogP contribution in [-0.4, -0.2) is 17.6 Å². The molecule has 0 amide bonds. The molecule has 3 nitrogen and oxygen atoms in total. The molecule has 0 radical (unpaired) electrons. The molecule has 0 spiro atoms. The topological polar surface area (TPSA) is 49.3 Å². The molecular formula is C16H15F2NO2. The minimum absolute atomic E-state index is 0.252. The molecule has 0 fully saturated rings. The van der Waals surface area contributed by atoms with Gasteiger partial charge in [-0.25, -0.2) is 13.6 Å². The van der Waals surface area contributed by atoms with E-state index < -0.39 is 17.6 Å². The van der Waals surface area contributed by atoms with Crippen LogP contribution in [0.15, 0.2) is 42.5 Å². The van der Waals surface area contributed by atoms with E-state index in [2.05, 4.69) is 5.32 Å². The normalized spacial score (nSPS) is 10.6. The van der Waals surface area contributed by atoms with Crippen LogP contribution in [0.25, 0.3) is 0 Å². The predicted octanol–water partition coefficient (Wildman–Crippen LogP) is 3.00. The Morgan fingerprint density at radius 1 is 1.10 bits per heavy atom. The summed E-state index contributed by atoms with van der Waals surface area (Å²) in [5.74, 6) is -2.16. The zero-order valence-electron chi connectivity index (χ0n) is 11.3. The molecular weight excluding hydrogens is 276 g/mol. The molecule has 0 unspecified atom stereocenters. The Bertz CT molecular complexity index is 624. The van der Waals surface area contributed by atoms with E-state index in [4.69, 9.17) is 5.11 Å². The second-order valence-electron chi connectivity index (χ2n) is 4.67. The Morgan fingerprint density at radius 3 is 2.43 bits per heavy atom. The average molecular weight is 291 g/mol. The van der Waals surface area contributed by atoms with Crippen LogP contribution in [0.1, 0.15) is 21.5 Å². The maximum Gasteiger partial charge on any atom is 0.336 e. The van der Waals surface area contributed by atoms with E-state index in [1.165, 1.54) is 12.1 Å². The van der Waals surface area contributed by atoms with Crippen LogP contribution in [0, 0.1) is 11.6 Å². The zero-order valence-corrected chi connectivity index (χ0v) is 11.3. The number of rotatable bonds is 6. The first-order valence-corrected chi connectivity index (χ1v) is 6.53. The molecule has 0 aromatic heterocycles. The van der Waals surface area contributed by atoms with Crippen LogP contribution in [0.4, 0.5) is 8.78 Å². The van der Waals surface area contributed by atoms with Crippen LogP contribution >= 0.6 is 0 Å². The molecule has 2 aromatic rings. The van der Waals surface area contributed by atoms with E-state index in [9.17, 15) is 13.6 Å². The first kappa shape index (κ1) is 15.1. The third-order valence-electron chi connectivity index (χ3n) is 3.08. The highest BCUT2D eigenvalue weighted by atomic mass is 19.1. The van der Waals surface area contributed by atoms with Gasteiger partial charge in [0.25, 0.3) is 0 Å². The van der Waals surface area contributed by atoms with Crippen LogP contribution in [0.5, 0.6) is 0 Å². The van der Waals surface area contributed by atoms with E-state index in [0.29, 0.717) is 30.6 Å².